The summed E-state index contributed by atoms with van der Waals surface area (Å²) in [5.74, 6) is -5.68. The number of rotatable bonds is 4. The summed E-state index contributed by atoms with van der Waals surface area (Å²) in [6.07, 6.45) is -0.881. The second-order valence-corrected chi connectivity index (χ2v) is 3.62. The van der Waals surface area contributed by atoms with Crippen molar-refractivity contribution < 1.29 is 18.7 Å². The van der Waals surface area contributed by atoms with Gasteiger partial charge in [-0.25, -0.2) is 4.79 Å². The fourth-order valence-electron chi connectivity index (χ4n) is 1.44. The van der Waals surface area contributed by atoms with Crippen molar-refractivity contribution in [2.24, 2.45) is 0 Å². The van der Waals surface area contributed by atoms with E-state index in [1.54, 1.807) is 6.07 Å². The molecule has 0 saturated heterocycles. The number of carbonyl (C=O) groups is 1. The molecule has 1 heterocycles. The van der Waals surface area contributed by atoms with E-state index >= 15 is 0 Å². The second-order valence-electron chi connectivity index (χ2n) is 3.62. The second kappa shape index (κ2) is 4.47. The predicted molar refractivity (Wildman–Crippen MR) is 55.9 cm³/mol. The van der Waals surface area contributed by atoms with Gasteiger partial charge in [-0.15, -0.1) is 10.2 Å². The molecule has 6 nitrogen and oxygen atoms in total. The first kappa shape index (κ1) is 12.1. The van der Waals surface area contributed by atoms with Crippen LogP contribution in [-0.4, -0.2) is 37.6 Å². The number of hydrogen-bond donors (Lipinski definition) is 2. The van der Waals surface area contributed by atoms with Crippen molar-refractivity contribution in [1.29, 1.82) is 0 Å². The van der Waals surface area contributed by atoms with Crippen molar-refractivity contribution in [2.75, 3.05) is 0 Å². The first-order valence-corrected chi connectivity index (χ1v) is 4.93. The van der Waals surface area contributed by atoms with Crippen LogP contribution in [-0.2, 0) is 11.2 Å². The molecule has 0 radical (unpaired) electrons. The average molecular weight is 254 g/mol. The fourth-order valence-corrected chi connectivity index (χ4v) is 1.44. The molecule has 0 amide bonds. The summed E-state index contributed by atoms with van der Waals surface area (Å²) in [4.78, 5) is 10.3. The number of alkyl halides is 2. The summed E-state index contributed by atoms with van der Waals surface area (Å²) in [7, 11) is 0. The van der Waals surface area contributed by atoms with Gasteiger partial charge in [-0.3, -0.25) is 0 Å². The minimum Gasteiger partial charge on any atom is -0.477 e. The lowest BCUT2D eigenvalue weighted by Crippen LogP contribution is -2.30. The Balaban J connectivity index is 2.26. The molecule has 0 atom stereocenters. The number of benzene rings is 1. The molecule has 2 N–H and O–H groups in total. The highest BCUT2D eigenvalue weighted by Gasteiger charge is 2.38. The monoisotopic (exact) mass is 254 g/mol. The first-order chi connectivity index (χ1) is 8.49. The number of nitrogens with one attached hydrogen (secondary N) is 1. The molecule has 0 unspecified atom stereocenters. The van der Waals surface area contributed by atoms with Gasteiger partial charge in [0.25, 0.3) is 0 Å². The van der Waals surface area contributed by atoms with Gasteiger partial charge < -0.3 is 5.11 Å². The molecule has 18 heavy (non-hydrogen) atoms. The smallest absolute Gasteiger partial charge is 0.374 e. The van der Waals surface area contributed by atoms with Crippen molar-refractivity contribution in [3.05, 3.63) is 29.8 Å². The van der Waals surface area contributed by atoms with E-state index in [1.807, 2.05) is 0 Å². The zero-order chi connectivity index (χ0) is 13.2. The summed E-state index contributed by atoms with van der Waals surface area (Å²) in [6, 6.07) is 5.97. The molecule has 0 fully saturated rings. The maximum absolute atomic E-state index is 13.1. The minimum absolute atomic E-state index is 0.185. The molecule has 1 aromatic heterocycles. The summed E-state index contributed by atoms with van der Waals surface area (Å²) >= 11 is 0. The number of nitrogens with zero attached hydrogens (tertiary/aromatic N) is 3. The van der Waals surface area contributed by atoms with Gasteiger partial charge in [0.05, 0.1) is 0 Å². The molecule has 94 valence electrons. The first-order valence-electron chi connectivity index (χ1n) is 4.93. The van der Waals surface area contributed by atoms with Gasteiger partial charge in [-0.2, -0.15) is 14.0 Å². The third-order valence-electron chi connectivity index (χ3n) is 2.27. The number of carboxylic acids is 1. The number of H-pyrrole nitrogens is 1. The van der Waals surface area contributed by atoms with Crippen LogP contribution in [0.2, 0.25) is 0 Å². The van der Waals surface area contributed by atoms with Gasteiger partial charge in [0.1, 0.15) is 0 Å². The molecule has 0 aliphatic rings. The van der Waals surface area contributed by atoms with Crippen LogP contribution >= 0.6 is 0 Å². The molecule has 0 aliphatic heterocycles. The van der Waals surface area contributed by atoms with Gasteiger partial charge in [-0.05, 0) is 16.8 Å². The number of aromatic amines is 1. The largest absolute Gasteiger partial charge is 0.477 e. The van der Waals surface area contributed by atoms with Gasteiger partial charge in [-0.1, -0.05) is 18.2 Å². The Morgan fingerprint density at radius 3 is 2.83 bits per heavy atom. The Labute approximate surface area is 99.6 Å². The molecule has 0 saturated carbocycles. The Kier molecular flexibility index (Phi) is 3.00. The SMILES string of the molecule is O=C(O)C(F)(F)Cc1cccc(-c2nn[nH]n2)c1. The Bertz CT molecular complexity index is 557. The normalized spacial score (nSPS) is 11.4. The van der Waals surface area contributed by atoms with Gasteiger partial charge in [0, 0.05) is 12.0 Å². The number of halogens is 2. The van der Waals surface area contributed by atoms with E-state index < -0.39 is 18.3 Å². The van der Waals surface area contributed by atoms with Crippen LogP contribution in [0.3, 0.4) is 0 Å². The van der Waals surface area contributed by atoms with Crippen LogP contribution in [0.5, 0.6) is 0 Å². The number of tetrazole rings is 1. The van der Waals surface area contributed by atoms with Gasteiger partial charge >= 0.3 is 11.9 Å². The van der Waals surface area contributed by atoms with Crippen LogP contribution in [0.4, 0.5) is 8.78 Å². The molecule has 8 heteroatoms. The van der Waals surface area contributed by atoms with Crippen LogP contribution in [0, 0.1) is 0 Å². The van der Waals surface area contributed by atoms with Crippen LogP contribution in [0.25, 0.3) is 11.4 Å². The summed E-state index contributed by atoms with van der Waals surface area (Å²) in [5, 5.41) is 21.4. The standard InChI is InChI=1S/C10H8F2N4O2/c11-10(12,9(17)18)5-6-2-1-3-7(4-6)8-13-15-16-14-8/h1-4H,5H2,(H,17,18)(H,13,14,15,16). The van der Waals surface area contributed by atoms with Gasteiger partial charge in [0.2, 0.25) is 5.82 Å². The Morgan fingerprint density at radius 2 is 2.22 bits per heavy atom. The molecule has 2 aromatic rings. The molecule has 0 spiro atoms. The summed E-state index contributed by atoms with van der Waals surface area (Å²) < 4.78 is 26.1. The van der Waals surface area contributed by atoms with Crippen LogP contribution in [0.1, 0.15) is 5.56 Å². The predicted octanol–water partition coefficient (Wildman–Crippen LogP) is 1.13. The number of aliphatic carboxylic acids is 1. The Morgan fingerprint density at radius 1 is 1.44 bits per heavy atom. The zero-order valence-electron chi connectivity index (χ0n) is 8.97. The molecular weight excluding hydrogens is 246 g/mol. The number of aromatic nitrogens is 4. The lowest BCUT2D eigenvalue weighted by molar-refractivity contribution is -0.164. The maximum atomic E-state index is 13.1. The Hall–Kier alpha value is -2.38. The number of carboxylic acid groups (broad SMARTS) is 1. The highest BCUT2D eigenvalue weighted by atomic mass is 19.3. The zero-order valence-corrected chi connectivity index (χ0v) is 8.97. The third kappa shape index (κ3) is 2.47. The summed E-state index contributed by atoms with van der Waals surface area (Å²) in [5.41, 5.74) is 0.673. The lowest BCUT2D eigenvalue weighted by atomic mass is 10.0. The molecule has 0 bridgehead atoms. The van der Waals surface area contributed by atoms with E-state index in [9.17, 15) is 13.6 Å². The van der Waals surface area contributed by atoms with Crippen molar-refractivity contribution in [2.45, 2.75) is 12.3 Å². The van der Waals surface area contributed by atoms with E-state index in [-0.39, 0.29) is 11.4 Å². The van der Waals surface area contributed by atoms with Crippen LogP contribution in [0.15, 0.2) is 24.3 Å². The van der Waals surface area contributed by atoms with E-state index in [1.165, 1.54) is 18.2 Å². The quantitative estimate of drug-likeness (QED) is 0.853. The third-order valence-corrected chi connectivity index (χ3v) is 2.27. The topological polar surface area (TPSA) is 91.8 Å². The summed E-state index contributed by atoms with van der Waals surface area (Å²) in [6.45, 7) is 0. The van der Waals surface area contributed by atoms with Crippen molar-refractivity contribution in [1.82, 2.24) is 20.6 Å². The molecular formula is C10H8F2N4O2. The van der Waals surface area contributed by atoms with E-state index in [2.05, 4.69) is 20.6 Å². The van der Waals surface area contributed by atoms with E-state index in [4.69, 9.17) is 5.11 Å². The number of hydrogen-bond acceptors (Lipinski definition) is 4. The van der Waals surface area contributed by atoms with Crippen molar-refractivity contribution >= 4 is 5.97 Å². The minimum atomic E-state index is -3.80. The van der Waals surface area contributed by atoms with Crippen molar-refractivity contribution in [3.8, 4) is 11.4 Å². The molecule has 1 aromatic carbocycles. The molecule has 2 rings (SSSR count). The molecule has 0 aliphatic carbocycles. The van der Waals surface area contributed by atoms with Gasteiger partial charge in [0.15, 0.2) is 0 Å². The maximum Gasteiger partial charge on any atom is 0.374 e. The highest BCUT2D eigenvalue weighted by Crippen LogP contribution is 2.23. The fraction of sp³-hybridized carbons (Fsp3) is 0.200. The lowest BCUT2D eigenvalue weighted by Gasteiger charge is -2.11. The van der Waals surface area contributed by atoms with E-state index in [0.717, 1.165) is 0 Å². The van der Waals surface area contributed by atoms with E-state index in [0.29, 0.717) is 5.56 Å². The van der Waals surface area contributed by atoms with Crippen molar-refractivity contribution in [3.63, 3.8) is 0 Å². The van der Waals surface area contributed by atoms with Crippen LogP contribution < -0.4 is 0 Å². The highest BCUT2D eigenvalue weighted by molar-refractivity contribution is 5.75. The average Bonchev–Trinajstić information content (AvgIpc) is 2.82.